The second-order valence-corrected chi connectivity index (χ2v) is 12.2. The van der Waals surface area contributed by atoms with Crippen molar-refractivity contribution in [1.29, 1.82) is 0 Å². The van der Waals surface area contributed by atoms with Gasteiger partial charge in [0.2, 0.25) is 5.82 Å². The smallest absolute Gasteiger partial charge is 0.200 e. The van der Waals surface area contributed by atoms with E-state index in [-0.39, 0.29) is 11.7 Å². The molecule has 0 amide bonds. The van der Waals surface area contributed by atoms with E-state index >= 15 is 0 Å². The van der Waals surface area contributed by atoms with Crippen molar-refractivity contribution in [3.63, 3.8) is 0 Å². The number of unbranched alkanes of at least 4 members (excludes halogenated alkanes) is 4. The van der Waals surface area contributed by atoms with Gasteiger partial charge in [-0.15, -0.1) is 0 Å². The summed E-state index contributed by atoms with van der Waals surface area (Å²) in [6.45, 7) is 4.81. The van der Waals surface area contributed by atoms with E-state index in [0.717, 1.165) is 49.4 Å². The Morgan fingerprint density at radius 2 is 1.34 bits per heavy atom. The van der Waals surface area contributed by atoms with Crippen molar-refractivity contribution in [2.45, 2.75) is 129 Å². The first-order valence-corrected chi connectivity index (χ1v) is 15.2. The topological polar surface area (TPSA) is 9.23 Å². The minimum Gasteiger partial charge on any atom is -0.490 e. The molecule has 3 fully saturated rings. The van der Waals surface area contributed by atoms with E-state index in [9.17, 15) is 8.78 Å². The molecule has 1 nitrogen and oxygen atoms in total. The highest BCUT2D eigenvalue weighted by Gasteiger charge is 2.39. The molecular weight excluding hydrogens is 438 g/mol. The largest absolute Gasteiger partial charge is 0.490 e. The van der Waals surface area contributed by atoms with Gasteiger partial charge in [-0.1, -0.05) is 71.3 Å². The van der Waals surface area contributed by atoms with E-state index < -0.39 is 11.6 Å². The number of benzene rings is 1. The van der Waals surface area contributed by atoms with Gasteiger partial charge in [-0.2, -0.15) is 4.39 Å². The first kappa shape index (κ1) is 26.9. The maximum atomic E-state index is 15.0. The Bertz CT molecular complexity index is 769. The predicted molar refractivity (Wildman–Crippen MR) is 142 cm³/mol. The zero-order chi connectivity index (χ0) is 24.6. The molecule has 1 aromatic rings. The van der Waals surface area contributed by atoms with E-state index in [1.165, 1.54) is 83.5 Å². The summed E-state index contributed by atoms with van der Waals surface area (Å²) >= 11 is 0. The molecule has 0 heterocycles. The number of hydrogen-bond acceptors (Lipinski definition) is 1. The lowest BCUT2D eigenvalue weighted by Gasteiger charge is -2.45. The van der Waals surface area contributed by atoms with Crippen molar-refractivity contribution in [2.75, 3.05) is 6.61 Å². The molecule has 3 aliphatic rings. The molecule has 0 aromatic heterocycles. The van der Waals surface area contributed by atoms with Crippen LogP contribution in [0.5, 0.6) is 5.75 Å². The zero-order valence-electron chi connectivity index (χ0n) is 22.5. The summed E-state index contributed by atoms with van der Waals surface area (Å²) in [5.74, 6) is 3.15. The molecule has 4 atom stereocenters. The lowest BCUT2D eigenvalue weighted by atomic mass is 9.60. The molecule has 4 unspecified atom stereocenters. The van der Waals surface area contributed by atoms with Gasteiger partial charge in [0.15, 0.2) is 11.6 Å². The van der Waals surface area contributed by atoms with Crippen LogP contribution >= 0.6 is 0 Å². The van der Waals surface area contributed by atoms with Crippen LogP contribution in [-0.2, 0) is 0 Å². The third-order valence-electron chi connectivity index (χ3n) is 9.95. The van der Waals surface area contributed by atoms with E-state index in [0.29, 0.717) is 18.1 Å². The fourth-order valence-corrected chi connectivity index (χ4v) is 7.74. The van der Waals surface area contributed by atoms with E-state index in [1.807, 2.05) is 0 Å². The van der Waals surface area contributed by atoms with Gasteiger partial charge in [-0.25, -0.2) is 4.39 Å². The molecule has 1 aromatic carbocycles. The van der Waals surface area contributed by atoms with Crippen LogP contribution < -0.4 is 4.74 Å². The highest BCUT2D eigenvalue weighted by molar-refractivity contribution is 5.33. The molecule has 3 aliphatic carbocycles. The quantitative estimate of drug-likeness (QED) is 0.281. The molecule has 0 saturated heterocycles. The van der Waals surface area contributed by atoms with Crippen LogP contribution in [0.1, 0.15) is 134 Å². The molecule has 0 aliphatic heterocycles. The Balaban J connectivity index is 1.25. The standard InChI is InChI=1S/C32H50F2O/c1-3-5-7-8-9-23-10-12-24(13-11-23)25-14-15-27-22-28(17-16-26(27)21-25)29-18-19-30(32(34)31(29)33)35-20-6-4-2/h18-19,23-28H,3-17,20-22H2,1-2H3. The number of halogens is 2. The molecule has 0 radical (unpaired) electrons. The van der Waals surface area contributed by atoms with Crippen molar-refractivity contribution in [3.8, 4) is 5.75 Å². The van der Waals surface area contributed by atoms with Crippen LogP contribution in [-0.4, -0.2) is 6.61 Å². The lowest BCUT2D eigenvalue weighted by Crippen LogP contribution is -2.34. The van der Waals surface area contributed by atoms with E-state index in [4.69, 9.17) is 4.74 Å². The summed E-state index contributed by atoms with van der Waals surface area (Å²) in [6, 6.07) is 3.46. The monoisotopic (exact) mass is 488 g/mol. The summed E-state index contributed by atoms with van der Waals surface area (Å²) in [5, 5.41) is 0. The molecular formula is C32H50F2O. The summed E-state index contributed by atoms with van der Waals surface area (Å²) in [7, 11) is 0. The van der Waals surface area contributed by atoms with Gasteiger partial charge in [0.05, 0.1) is 6.61 Å². The second kappa shape index (κ2) is 13.4. The Morgan fingerprint density at radius 3 is 2.09 bits per heavy atom. The first-order chi connectivity index (χ1) is 17.1. The van der Waals surface area contributed by atoms with Crippen LogP contribution in [0.15, 0.2) is 12.1 Å². The minimum absolute atomic E-state index is 0.0737. The number of rotatable bonds is 11. The highest BCUT2D eigenvalue weighted by atomic mass is 19.2. The summed E-state index contributed by atoms with van der Waals surface area (Å²) in [4.78, 5) is 0. The Labute approximate surface area is 213 Å². The van der Waals surface area contributed by atoms with Gasteiger partial charge < -0.3 is 4.74 Å². The van der Waals surface area contributed by atoms with Crippen LogP contribution in [0.4, 0.5) is 8.78 Å². The van der Waals surface area contributed by atoms with Gasteiger partial charge in [0.1, 0.15) is 0 Å². The van der Waals surface area contributed by atoms with Gasteiger partial charge in [-0.05, 0) is 105 Å². The highest BCUT2D eigenvalue weighted by Crippen LogP contribution is 2.51. The van der Waals surface area contributed by atoms with Crippen molar-refractivity contribution in [3.05, 3.63) is 29.3 Å². The molecule has 0 N–H and O–H groups in total. The fourth-order valence-electron chi connectivity index (χ4n) is 7.74. The third-order valence-corrected chi connectivity index (χ3v) is 9.95. The SMILES string of the molecule is CCCCCCC1CCC(C2CCC3CC(c4ccc(OCCCC)c(F)c4F)CCC3C2)CC1. The van der Waals surface area contributed by atoms with Gasteiger partial charge in [-0.3, -0.25) is 0 Å². The number of ether oxygens (including phenoxy) is 1. The van der Waals surface area contributed by atoms with Crippen LogP contribution in [0.25, 0.3) is 0 Å². The number of hydrogen-bond donors (Lipinski definition) is 0. The van der Waals surface area contributed by atoms with Gasteiger partial charge in [0, 0.05) is 0 Å². The van der Waals surface area contributed by atoms with Crippen molar-refractivity contribution in [2.24, 2.45) is 29.6 Å². The zero-order valence-corrected chi connectivity index (χ0v) is 22.5. The molecule has 198 valence electrons. The summed E-state index contributed by atoms with van der Waals surface area (Å²) in [5.41, 5.74) is 0.586. The molecule has 4 rings (SSSR count). The second-order valence-electron chi connectivity index (χ2n) is 12.2. The van der Waals surface area contributed by atoms with E-state index in [2.05, 4.69) is 13.8 Å². The molecule has 35 heavy (non-hydrogen) atoms. The van der Waals surface area contributed by atoms with Gasteiger partial charge in [0.25, 0.3) is 0 Å². The summed E-state index contributed by atoms with van der Waals surface area (Å²) in [6.07, 6.45) is 22.0. The summed E-state index contributed by atoms with van der Waals surface area (Å²) < 4.78 is 35.1. The van der Waals surface area contributed by atoms with Crippen LogP contribution in [0, 0.1) is 41.2 Å². The van der Waals surface area contributed by atoms with Crippen molar-refractivity contribution < 1.29 is 13.5 Å². The average molecular weight is 489 g/mol. The van der Waals surface area contributed by atoms with Crippen LogP contribution in [0.3, 0.4) is 0 Å². The fraction of sp³-hybridized carbons (Fsp3) is 0.812. The van der Waals surface area contributed by atoms with Crippen molar-refractivity contribution in [1.82, 2.24) is 0 Å². The molecule has 0 spiro atoms. The van der Waals surface area contributed by atoms with Crippen LogP contribution in [0.2, 0.25) is 0 Å². The van der Waals surface area contributed by atoms with E-state index in [1.54, 1.807) is 12.1 Å². The average Bonchev–Trinajstić information content (AvgIpc) is 2.89. The number of fused-ring (bicyclic) bond motifs is 1. The predicted octanol–water partition coefficient (Wildman–Crippen LogP) is 10.2. The molecule has 0 bridgehead atoms. The lowest BCUT2D eigenvalue weighted by molar-refractivity contribution is 0.0705. The van der Waals surface area contributed by atoms with Gasteiger partial charge >= 0.3 is 0 Å². The van der Waals surface area contributed by atoms with Crippen molar-refractivity contribution >= 4 is 0 Å². The first-order valence-electron chi connectivity index (χ1n) is 15.2. The maximum absolute atomic E-state index is 15.0. The maximum Gasteiger partial charge on any atom is 0.200 e. The third kappa shape index (κ3) is 7.01. The molecule has 3 saturated carbocycles. The Kier molecular flexibility index (Phi) is 10.3. The Morgan fingerprint density at radius 1 is 0.686 bits per heavy atom. The normalized spacial score (nSPS) is 31.2. The molecule has 3 heteroatoms. The Hall–Kier alpha value is -1.12. The minimum atomic E-state index is -0.787.